The van der Waals surface area contributed by atoms with Crippen LogP contribution in [0, 0.1) is 29.8 Å². The molecule has 0 radical (unpaired) electrons. The first kappa shape index (κ1) is 26.6. The van der Waals surface area contributed by atoms with Crippen LogP contribution >= 0.6 is 27.7 Å². The number of halogens is 2. The third-order valence-electron chi connectivity index (χ3n) is 5.55. The summed E-state index contributed by atoms with van der Waals surface area (Å²) < 4.78 is 27.4. The summed E-state index contributed by atoms with van der Waals surface area (Å²) in [5, 5.41) is 20.1. The van der Waals surface area contributed by atoms with E-state index in [0.717, 1.165) is 11.3 Å². The molecule has 0 saturated carbocycles. The number of methoxy groups -OCH3 is 1. The minimum Gasteiger partial charge on any atom is -0.493 e. The van der Waals surface area contributed by atoms with Gasteiger partial charge in [0.05, 0.1) is 11.6 Å². The Morgan fingerprint density at radius 3 is 2.57 bits per heavy atom. The Hall–Kier alpha value is -3.44. The Morgan fingerprint density at radius 2 is 1.89 bits per heavy atom. The molecule has 0 saturated heterocycles. The molecule has 0 unspecified atom stereocenters. The van der Waals surface area contributed by atoms with Gasteiger partial charge in [0, 0.05) is 10.6 Å². The van der Waals surface area contributed by atoms with E-state index in [-0.39, 0.29) is 23.9 Å². The summed E-state index contributed by atoms with van der Waals surface area (Å²) in [7, 11) is 1.49. The largest absolute Gasteiger partial charge is 0.493 e. The van der Waals surface area contributed by atoms with Crippen LogP contribution in [0.3, 0.4) is 0 Å². The van der Waals surface area contributed by atoms with Crippen LogP contribution in [0.15, 0.2) is 70.3 Å². The summed E-state index contributed by atoms with van der Waals surface area (Å²) >= 11 is 4.77. The SMILES string of the molecule is COc1cc([C@@H](C[N+](=O)[O-])Sc2nnc(C)n2-c2ccc(C)cc2)cc(Br)c1OCc1cccc(F)c1. The van der Waals surface area contributed by atoms with Crippen molar-refractivity contribution < 1.29 is 18.8 Å². The lowest BCUT2D eigenvalue weighted by atomic mass is 10.1. The fourth-order valence-corrected chi connectivity index (χ4v) is 5.46. The number of ether oxygens (including phenoxy) is 2. The Morgan fingerprint density at radius 1 is 1.14 bits per heavy atom. The number of rotatable bonds is 10. The van der Waals surface area contributed by atoms with E-state index in [4.69, 9.17) is 9.47 Å². The van der Waals surface area contributed by atoms with Gasteiger partial charge in [0.1, 0.15) is 23.5 Å². The normalized spacial score (nSPS) is 11.8. The van der Waals surface area contributed by atoms with Gasteiger partial charge >= 0.3 is 0 Å². The molecule has 0 aliphatic rings. The third-order valence-corrected chi connectivity index (χ3v) is 7.32. The highest BCUT2D eigenvalue weighted by Gasteiger charge is 2.26. The Bertz CT molecular complexity index is 1410. The van der Waals surface area contributed by atoms with Gasteiger partial charge in [-0.05, 0) is 77.3 Å². The van der Waals surface area contributed by atoms with Crippen LogP contribution in [0.2, 0.25) is 0 Å². The van der Waals surface area contributed by atoms with Crippen molar-refractivity contribution >= 4 is 27.7 Å². The minimum atomic E-state index is -0.592. The quantitative estimate of drug-likeness (QED) is 0.119. The smallest absolute Gasteiger partial charge is 0.220 e. The Labute approximate surface area is 226 Å². The number of hydrogen-bond donors (Lipinski definition) is 0. The molecule has 37 heavy (non-hydrogen) atoms. The topological polar surface area (TPSA) is 92.3 Å². The lowest BCUT2D eigenvalue weighted by Crippen LogP contribution is -2.12. The maximum atomic E-state index is 13.5. The van der Waals surface area contributed by atoms with Crippen LogP contribution in [-0.4, -0.2) is 33.3 Å². The highest BCUT2D eigenvalue weighted by atomic mass is 79.9. The summed E-state index contributed by atoms with van der Waals surface area (Å²) in [5.74, 6) is 1.13. The van der Waals surface area contributed by atoms with E-state index in [9.17, 15) is 14.5 Å². The molecule has 192 valence electrons. The molecule has 8 nitrogen and oxygen atoms in total. The van der Waals surface area contributed by atoms with Gasteiger partial charge in [-0.3, -0.25) is 14.7 Å². The number of benzene rings is 3. The second kappa shape index (κ2) is 11.7. The van der Waals surface area contributed by atoms with Gasteiger partial charge in [-0.25, -0.2) is 4.39 Å². The van der Waals surface area contributed by atoms with Crippen LogP contribution in [0.1, 0.15) is 27.8 Å². The van der Waals surface area contributed by atoms with Crippen molar-refractivity contribution in [1.29, 1.82) is 0 Å². The fourth-order valence-electron chi connectivity index (χ4n) is 3.73. The van der Waals surface area contributed by atoms with E-state index >= 15 is 0 Å². The Balaban J connectivity index is 1.65. The first-order valence-electron chi connectivity index (χ1n) is 11.3. The molecule has 0 aliphatic carbocycles. The zero-order valence-corrected chi connectivity index (χ0v) is 22.8. The maximum absolute atomic E-state index is 13.5. The van der Waals surface area contributed by atoms with Crippen LogP contribution in [0.5, 0.6) is 11.5 Å². The molecule has 0 N–H and O–H groups in total. The molecular formula is C26H24BrFN4O4S. The zero-order chi connectivity index (χ0) is 26.5. The first-order chi connectivity index (χ1) is 17.7. The molecule has 11 heteroatoms. The van der Waals surface area contributed by atoms with Crippen molar-refractivity contribution in [3.63, 3.8) is 0 Å². The average molecular weight is 587 g/mol. The second-order valence-corrected chi connectivity index (χ2v) is 10.3. The van der Waals surface area contributed by atoms with Crippen LogP contribution < -0.4 is 9.47 Å². The van der Waals surface area contributed by atoms with Crippen molar-refractivity contribution in [3.05, 3.63) is 104 Å². The molecule has 1 atom stereocenters. The van der Waals surface area contributed by atoms with Crippen LogP contribution in [0.4, 0.5) is 4.39 Å². The monoisotopic (exact) mass is 586 g/mol. The molecule has 0 aliphatic heterocycles. The van der Waals surface area contributed by atoms with Gasteiger partial charge in [0.2, 0.25) is 6.54 Å². The van der Waals surface area contributed by atoms with Crippen molar-refractivity contribution in [2.75, 3.05) is 13.7 Å². The van der Waals surface area contributed by atoms with Crippen molar-refractivity contribution in [3.8, 4) is 17.2 Å². The predicted octanol–water partition coefficient (Wildman–Crippen LogP) is 6.48. The minimum absolute atomic E-state index is 0.123. The molecule has 4 aromatic rings. The van der Waals surface area contributed by atoms with E-state index in [2.05, 4.69) is 26.1 Å². The third kappa shape index (κ3) is 6.47. The predicted molar refractivity (Wildman–Crippen MR) is 143 cm³/mol. The summed E-state index contributed by atoms with van der Waals surface area (Å²) in [6, 6.07) is 17.5. The zero-order valence-electron chi connectivity index (χ0n) is 20.4. The number of nitro groups is 1. The molecule has 1 heterocycles. The van der Waals surface area contributed by atoms with Crippen molar-refractivity contribution in [1.82, 2.24) is 14.8 Å². The van der Waals surface area contributed by atoms with E-state index in [1.165, 1.54) is 31.0 Å². The van der Waals surface area contributed by atoms with Crippen molar-refractivity contribution in [2.45, 2.75) is 30.9 Å². The number of thioether (sulfide) groups is 1. The standard InChI is InChI=1S/C26H24BrFN4O4S/c1-16-7-9-21(10-8-16)32-17(2)29-30-26(32)37-24(14-31(33)34)19-12-22(27)25(23(13-19)35-3)36-15-18-5-4-6-20(28)11-18/h4-13,24H,14-15H2,1-3H3/t24-/m1/s1. The maximum Gasteiger partial charge on any atom is 0.220 e. The molecule has 4 rings (SSSR count). The van der Waals surface area contributed by atoms with E-state index in [1.54, 1.807) is 24.3 Å². The number of nitrogens with zero attached hydrogens (tertiary/aromatic N) is 4. The number of aromatic nitrogens is 3. The van der Waals surface area contributed by atoms with E-state index in [0.29, 0.717) is 38.1 Å². The molecule has 0 amide bonds. The highest BCUT2D eigenvalue weighted by molar-refractivity contribution is 9.10. The number of aryl methyl sites for hydroxylation is 2. The van der Waals surface area contributed by atoms with Gasteiger partial charge in [0.15, 0.2) is 16.7 Å². The highest BCUT2D eigenvalue weighted by Crippen LogP contribution is 2.43. The molecular weight excluding hydrogens is 563 g/mol. The van der Waals surface area contributed by atoms with Crippen molar-refractivity contribution in [2.24, 2.45) is 0 Å². The lowest BCUT2D eigenvalue weighted by Gasteiger charge is -2.18. The van der Waals surface area contributed by atoms with E-state index < -0.39 is 5.25 Å². The Kier molecular flexibility index (Phi) is 8.45. The van der Waals surface area contributed by atoms with Crippen LogP contribution in [0.25, 0.3) is 5.69 Å². The van der Waals surface area contributed by atoms with Gasteiger partial charge in [-0.2, -0.15) is 0 Å². The molecule has 0 bridgehead atoms. The van der Waals surface area contributed by atoms with Gasteiger partial charge in [-0.15, -0.1) is 10.2 Å². The average Bonchev–Trinajstić information content (AvgIpc) is 3.22. The number of hydrogen-bond acceptors (Lipinski definition) is 7. The van der Waals surface area contributed by atoms with Crippen LogP contribution in [-0.2, 0) is 6.61 Å². The molecule has 1 aromatic heterocycles. The van der Waals surface area contributed by atoms with Gasteiger partial charge in [-0.1, -0.05) is 41.6 Å². The van der Waals surface area contributed by atoms with Gasteiger partial charge in [0.25, 0.3) is 0 Å². The fraction of sp³-hybridized carbons (Fsp3) is 0.231. The summed E-state index contributed by atoms with van der Waals surface area (Å²) in [5.41, 5.74) is 3.30. The summed E-state index contributed by atoms with van der Waals surface area (Å²) in [6.07, 6.45) is 0. The molecule has 0 fully saturated rings. The summed E-state index contributed by atoms with van der Waals surface area (Å²) in [4.78, 5) is 11.3. The van der Waals surface area contributed by atoms with E-state index in [1.807, 2.05) is 42.7 Å². The molecule has 3 aromatic carbocycles. The van der Waals surface area contributed by atoms with Gasteiger partial charge < -0.3 is 9.47 Å². The first-order valence-corrected chi connectivity index (χ1v) is 12.9. The molecule has 0 spiro atoms. The second-order valence-electron chi connectivity index (χ2n) is 8.28. The lowest BCUT2D eigenvalue weighted by molar-refractivity contribution is -0.479. The summed E-state index contributed by atoms with van der Waals surface area (Å²) in [6.45, 7) is 3.62.